The molecule has 0 N–H and O–H groups in total. The molecule has 0 amide bonds. The van der Waals surface area contributed by atoms with Gasteiger partial charge in [0.2, 0.25) is 0 Å². The smallest absolute Gasteiger partial charge is 0.0241 e. The molecular formula is C14H25. The summed E-state index contributed by atoms with van der Waals surface area (Å²) in [5, 5.41) is 0. The topological polar surface area (TPSA) is 0 Å². The standard InChI is InChI=1S/C14H25/c1-2-7-13(8-3-1)11-6-12-14-9-4-5-10-14/h13H,1-12H2. The van der Waals surface area contributed by atoms with Crippen LogP contribution in [0.25, 0.3) is 0 Å². The van der Waals surface area contributed by atoms with E-state index in [2.05, 4.69) is 0 Å². The van der Waals surface area contributed by atoms with Gasteiger partial charge in [-0.25, -0.2) is 0 Å². The van der Waals surface area contributed by atoms with Crippen LogP contribution in [0.5, 0.6) is 0 Å². The van der Waals surface area contributed by atoms with Crippen LogP contribution in [-0.2, 0) is 0 Å². The predicted octanol–water partition coefficient (Wildman–Crippen LogP) is 4.89. The fourth-order valence-corrected chi connectivity index (χ4v) is 3.24. The highest BCUT2D eigenvalue weighted by Gasteiger charge is 2.17. The van der Waals surface area contributed by atoms with Crippen molar-refractivity contribution in [1.82, 2.24) is 0 Å². The summed E-state index contributed by atoms with van der Waals surface area (Å²) in [5.74, 6) is 2.99. The highest BCUT2D eigenvalue weighted by atomic mass is 14.2. The van der Waals surface area contributed by atoms with E-state index >= 15 is 0 Å². The number of hydrogen-bond acceptors (Lipinski definition) is 0. The molecule has 0 aromatic carbocycles. The molecular weight excluding hydrogens is 168 g/mol. The van der Waals surface area contributed by atoms with E-state index < -0.39 is 0 Å². The van der Waals surface area contributed by atoms with Crippen molar-refractivity contribution in [3.63, 3.8) is 0 Å². The summed E-state index contributed by atoms with van der Waals surface area (Å²) in [4.78, 5) is 0. The van der Waals surface area contributed by atoms with Crippen LogP contribution in [0, 0.1) is 11.8 Å². The minimum absolute atomic E-state index is 1.10. The van der Waals surface area contributed by atoms with Crippen LogP contribution >= 0.6 is 0 Å². The average Bonchev–Trinajstić information content (AvgIpc) is 2.72. The van der Waals surface area contributed by atoms with E-state index in [0.29, 0.717) is 0 Å². The predicted molar refractivity (Wildman–Crippen MR) is 62.1 cm³/mol. The molecule has 1 radical (unpaired) electrons. The van der Waals surface area contributed by atoms with Crippen molar-refractivity contribution >= 4 is 0 Å². The van der Waals surface area contributed by atoms with Crippen LogP contribution in [0.1, 0.15) is 77.0 Å². The first kappa shape index (κ1) is 10.5. The lowest BCUT2D eigenvalue weighted by molar-refractivity contribution is 0.330. The summed E-state index contributed by atoms with van der Waals surface area (Å²) >= 11 is 0. The van der Waals surface area contributed by atoms with Gasteiger partial charge in [0.1, 0.15) is 0 Å². The van der Waals surface area contributed by atoms with Crippen LogP contribution < -0.4 is 0 Å². The lowest BCUT2D eigenvalue weighted by atomic mass is 9.85. The fraction of sp³-hybridized carbons (Fsp3) is 0.929. The van der Waals surface area contributed by atoms with Gasteiger partial charge in [-0.15, -0.1) is 0 Å². The maximum Gasteiger partial charge on any atom is -0.0241 e. The zero-order chi connectivity index (χ0) is 9.64. The molecule has 2 aliphatic rings. The summed E-state index contributed by atoms with van der Waals surface area (Å²) in [6.45, 7) is 0. The zero-order valence-electron chi connectivity index (χ0n) is 9.56. The number of hydrogen-bond donors (Lipinski definition) is 0. The Bertz CT molecular complexity index is 138. The van der Waals surface area contributed by atoms with Gasteiger partial charge in [-0.1, -0.05) is 57.8 Å². The van der Waals surface area contributed by atoms with Gasteiger partial charge in [0.15, 0.2) is 0 Å². The van der Waals surface area contributed by atoms with E-state index in [4.69, 9.17) is 0 Å². The van der Waals surface area contributed by atoms with Crippen molar-refractivity contribution in [3.8, 4) is 0 Å². The third-order valence-corrected chi connectivity index (χ3v) is 4.18. The van der Waals surface area contributed by atoms with Crippen LogP contribution in [0.3, 0.4) is 0 Å². The summed E-state index contributed by atoms with van der Waals surface area (Å²) < 4.78 is 0. The molecule has 0 saturated heterocycles. The molecule has 0 aromatic rings. The summed E-state index contributed by atoms with van der Waals surface area (Å²) in [6, 6.07) is 0. The van der Waals surface area contributed by atoms with Gasteiger partial charge in [-0.2, -0.15) is 0 Å². The SMILES string of the molecule is C1CCC(CCC[C]2CCCC2)CC1. The minimum atomic E-state index is 1.10. The van der Waals surface area contributed by atoms with Crippen LogP contribution in [-0.4, -0.2) is 0 Å². The van der Waals surface area contributed by atoms with Gasteiger partial charge in [-0.05, 0) is 31.1 Å². The Morgan fingerprint density at radius 1 is 0.857 bits per heavy atom. The normalized spacial score (nSPS) is 25.7. The molecule has 0 nitrogen and oxygen atoms in total. The maximum atomic E-state index is 1.89. The monoisotopic (exact) mass is 193 g/mol. The van der Waals surface area contributed by atoms with Crippen molar-refractivity contribution in [1.29, 1.82) is 0 Å². The summed E-state index contributed by atoms with van der Waals surface area (Å²) in [7, 11) is 0. The van der Waals surface area contributed by atoms with Crippen LogP contribution in [0.15, 0.2) is 0 Å². The highest BCUT2D eigenvalue weighted by Crippen LogP contribution is 2.33. The second kappa shape index (κ2) is 5.78. The largest absolute Gasteiger partial charge is 0.0533 e. The molecule has 0 heterocycles. The van der Waals surface area contributed by atoms with Gasteiger partial charge in [-0.3, -0.25) is 0 Å². The van der Waals surface area contributed by atoms with E-state index in [1.165, 1.54) is 77.0 Å². The lowest BCUT2D eigenvalue weighted by Crippen LogP contribution is -2.06. The number of rotatable bonds is 4. The second-order valence-electron chi connectivity index (χ2n) is 5.35. The quantitative estimate of drug-likeness (QED) is 0.596. The molecule has 2 rings (SSSR count). The highest BCUT2D eigenvalue weighted by molar-refractivity contribution is 4.94. The van der Waals surface area contributed by atoms with E-state index in [-0.39, 0.29) is 0 Å². The van der Waals surface area contributed by atoms with Crippen molar-refractivity contribution in [2.45, 2.75) is 77.0 Å². The first-order valence-electron chi connectivity index (χ1n) is 6.79. The van der Waals surface area contributed by atoms with Gasteiger partial charge < -0.3 is 0 Å². The first-order chi connectivity index (χ1) is 6.95. The molecule has 14 heavy (non-hydrogen) atoms. The Morgan fingerprint density at radius 2 is 1.57 bits per heavy atom. The fourth-order valence-electron chi connectivity index (χ4n) is 3.24. The van der Waals surface area contributed by atoms with E-state index in [1.807, 2.05) is 5.92 Å². The Balaban J connectivity index is 1.52. The lowest BCUT2D eigenvalue weighted by Gasteiger charge is -2.21. The first-order valence-corrected chi connectivity index (χ1v) is 6.79. The Kier molecular flexibility index (Phi) is 4.34. The van der Waals surface area contributed by atoms with Crippen molar-refractivity contribution < 1.29 is 0 Å². The molecule has 0 spiro atoms. The summed E-state index contributed by atoms with van der Waals surface area (Å²) in [6.07, 6.45) is 18.0. The van der Waals surface area contributed by atoms with Crippen LogP contribution in [0.2, 0.25) is 0 Å². The van der Waals surface area contributed by atoms with Gasteiger partial charge >= 0.3 is 0 Å². The van der Waals surface area contributed by atoms with Gasteiger partial charge in [0, 0.05) is 0 Å². The second-order valence-corrected chi connectivity index (χ2v) is 5.35. The molecule has 0 bridgehead atoms. The van der Waals surface area contributed by atoms with Crippen molar-refractivity contribution in [2.75, 3.05) is 0 Å². The Morgan fingerprint density at radius 3 is 2.29 bits per heavy atom. The summed E-state index contributed by atoms with van der Waals surface area (Å²) in [5.41, 5.74) is 0. The maximum absolute atomic E-state index is 1.89. The Hall–Kier alpha value is 0. The Labute approximate surface area is 89.5 Å². The molecule has 2 aliphatic carbocycles. The van der Waals surface area contributed by atoms with Gasteiger partial charge in [0.25, 0.3) is 0 Å². The third-order valence-electron chi connectivity index (χ3n) is 4.18. The van der Waals surface area contributed by atoms with Gasteiger partial charge in [0.05, 0.1) is 0 Å². The molecule has 0 heteroatoms. The minimum Gasteiger partial charge on any atom is -0.0533 e. The molecule has 81 valence electrons. The molecule has 0 unspecified atom stereocenters. The van der Waals surface area contributed by atoms with E-state index in [0.717, 1.165) is 5.92 Å². The molecule has 0 aliphatic heterocycles. The van der Waals surface area contributed by atoms with Crippen molar-refractivity contribution in [3.05, 3.63) is 5.92 Å². The molecule has 0 aromatic heterocycles. The molecule has 2 saturated carbocycles. The van der Waals surface area contributed by atoms with E-state index in [1.54, 1.807) is 0 Å². The van der Waals surface area contributed by atoms with Crippen molar-refractivity contribution in [2.24, 2.45) is 5.92 Å². The zero-order valence-corrected chi connectivity index (χ0v) is 9.56. The van der Waals surface area contributed by atoms with Crippen LogP contribution in [0.4, 0.5) is 0 Å². The molecule has 0 atom stereocenters. The molecule has 2 fully saturated rings. The average molecular weight is 193 g/mol. The van der Waals surface area contributed by atoms with E-state index in [9.17, 15) is 0 Å². The third kappa shape index (κ3) is 3.29.